The van der Waals surface area contributed by atoms with Gasteiger partial charge < -0.3 is 4.74 Å². The molecule has 0 aliphatic carbocycles. The van der Waals surface area contributed by atoms with E-state index in [0.29, 0.717) is 11.4 Å². The van der Waals surface area contributed by atoms with Crippen LogP contribution in [-0.2, 0) is 10.0 Å². The molecule has 0 N–H and O–H groups in total. The summed E-state index contributed by atoms with van der Waals surface area (Å²) in [6, 6.07) is 12.8. The van der Waals surface area contributed by atoms with E-state index >= 15 is 0 Å². The molecule has 7 heteroatoms. The lowest BCUT2D eigenvalue weighted by Crippen LogP contribution is -2.30. The maximum atomic E-state index is 13.1. The Morgan fingerprint density at radius 2 is 2.04 bits per heavy atom. The Hall–Kier alpha value is -1.02. The van der Waals surface area contributed by atoms with E-state index < -0.39 is 10.0 Å². The van der Waals surface area contributed by atoms with Gasteiger partial charge in [-0.15, -0.1) is 11.8 Å². The number of benzene rings is 2. The lowest BCUT2D eigenvalue weighted by Gasteiger charge is -2.24. The van der Waals surface area contributed by atoms with Crippen molar-refractivity contribution in [2.75, 3.05) is 19.4 Å². The van der Waals surface area contributed by atoms with Gasteiger partial charge >= 0.3 is 0 Å². The zero-order chi connectivity index (χ0) is 17.3. The summed E-state index contributed by atoms with van der Waals surface area (Å²) in [6.45, 7) is 2.41. The number of rotatable bonds is 4. The predicted molar refractivity (Wildman–Crippen MR) is 101 cm³/mol. The summed E-state index contributed by atoms with van der Waals surface area (Å²) >= 11 is 5.11. The number of nitrogens with zero attached hydrogens (tertiary/aromatic N) is 1. The van der Waals surface area contributed by atoms with Gasteiger partial charge in [0, 0.05) is 12.3 Å². The fourth-order valence-electron chi connectivity index (χ4n) is 2.71. The highest BCUT2D eigenvalue weighted by Crippen LogP contribution is 2.43. The Labute approximate surface area is 155 Å². The van der Waals surface area contributed by atoms with Crippen molar-refractivity contribution in [3.8, 4) is 5.75 Å². The van der Waals surface area contributed by atoms with E-state index in [1.54, 1.807) is 41.4 Å². The zero-order valence-corrected chi connectivity index (χ0v) is 16.6. The van der Waals surface area contributed by atoms with Gasteiger partial charge in [-0.25, -0.2) is 8.42 Å². The zero-order valence-electron chi connectivity index (χ0n) is 13.4. The molecule has 2 aromatic carbocycles. The van der Waals surface area contributed by atoms with Crippen LogP contribution >= 0.6 is 27.7 Å². The minimum atomic E-state index is -3.52. The van der Waals surface area contributed by atoms with Gasteiger partial charge in [-0.1, -0.05) is 18.2 Å². The minimum absolute atomic E-state index is 0.224. The molecule has 3 rings (SSSR count). The summed E-state index contributed by atoms with van der Waals surface area (Å²) in [4.78, 5) is 0.350. The third kappa shape index (κ3) is 3.35. The monoisotopic (exact) mass is 427 g/mol. The van der Waals surface area contributed by atoms with Gasteiger partial charge in [0.05, 0.1) is 21.9 Å². The quantitative estimate of drug-likeness (QED) is 0.733. The fourth-order valence-corrected chi connectivity index (χ4v) is 6.60. The molecular weight excluding hydrogens is 410 g/mol. The Bertz CT molecular complexity index is 855. The van der Waals surface area contributed by atoms with Gasteiger partial charge in [-0.2, -0.15) is 4.31 Å². The van der Waals surface area contributed by atoms with Crippen LogP contribution in [-0.4, -0.2) is 32.1 Å². The van der Waals surface area contributed by atoms with E-state index in [2.05, 4.69) is 15.9 Å². The first kappa shape index (κ1) is 17.8. The molecule has 1 heterocycles. The molecule has 128 valence electrons. The molecule has 4 nitrogen and oxygen atoms in total. The van der Waals surface area contributed by atoms with Crippen molar-refractivity contribution in [3.63, 3.8) is 0 Å². The van der Waals surface area contributed by atoms with Gasteiger partial charge in [0.1, 0.15) is 5.75 Å². The van der Waals surface area contributed by atoms with Crippen molar-refractivity contribution in [2.45, 2.75) is 17.2 Å². The molecule has 0 radical (unpaired) electrons. The smallest absolute Gasteiger partial charge is 0.244 e. The van der Waals surface area contributed by atoms with Crippen LogP contribution in [0.25, 0.3) is 0 Å². The first-order valence-corrected chi connectivity index (χ1v) is 10.8. The lowest BCUT2D eigenvalue weighted by atomic mass is 10.2. The third-order valence-corrected chi connectivity index (χ3v) is 7.78. The van der Waals surface area contributed by atoms with Gasteiger partial charge in [-0.3, -0.25) is 0 Å². The highest BCUT2D eigenvalue weighted by molar-refractivity contribution is 9.10. The molecular formula is C17H18BrNO3S2. The summed E-state index contributed by atoms with van der Waals surface area (Å²) in [7, 11) is -1.91. The second-order valence-electron chi connectivity index (χ2n) is 5.55. The highest BCUT2D eigenvalue weighted by atomic mass is 79.9. The largest absolute Gasteiger partial charge is 0.496 e. The maximum absolute atomic E-state index is 13.1. The number of hydrogen-bond acceptors (Lipinski definition) is 4. The maximum Gasteiger partial charge on any atom is 0.244 e. The molecule has 0 amide bonds. The average Bonchev–Trinajstić information content (AvgIpc) is 3.05. The number of halogens is 1. The number of methoxy groups -OCH3 is 1. The van der Waals surface area contributed by atoms with Crippen molar-refractivity contribution in [3.05, 3.63) is 58.1 Å². The van der Waals surface area contributed by atoms with E-state index in [0.717, 1.165) is 27.1 Å². The van der Waals surface area contributed by atoms with Crippen LogP contribution in [0, 0.1) is 6.92 Å². The Balaban J connectivity index is 1.97. The van der Waals surface area contributed by atoms with Crippen LogP contribution in [0.3, 0.4) is 0 Å². The first-order chi connectivity index (χ1) is 11.4. The fraction of sp³-hybridized carbons (Fsp3) is 0.294. The number of ether oxygens (including phenoxy) is 1. The second kappa shape index (κ2) is 7.07. The molecule has 24 heavy (non-hydrogen) atoms. The van der Waals surface area contributed by atoms with E-state index in [1.165, 1.54) is 0 Å². The van der Waals surface area contributed by atoms with Crippen LogP contribution < -0.4 is 4.74 Å². The number of thioether (sulfide) groups is 1. The van der Waals surface area contributed by atoms with E-state index in [4.69, 9.17) is 4.74 Å². The molecule has 1 atom stereocenters. The summed E-state index contributed by atoms with van der Waals surface area (Å²) in [5.74, 6) is 1.51. The molecule has 1 aliphatic heterocycles. The number of hydrogen-bond donors (Lipinski definition) is 0. The van der Waals surface area contributed by atoms with E-state index in [9.17, 15) is 8.42 Å². The first-order valence-electron chi connectivity index (χ1n) is 7.47. The van der Waals surface area contributed by atoms with Gasteiger partial charge in [0.2, 0.25) is 10.0 Å². The molecule has 1 aliphatic rings. The molecule has 1 fully saturated rings. The van der Waals surface area contributed by atoms with Gasteiger partial charge in [0.25, 0.3) is 0 Å². The number of sulfonamides is 1. The van der Waals surface area contributed by atoms with Crippen LogP contribution in [0.15, 0.2) is 51.8 Å². The van der Waals surface area contributed by atoms with E-state index in [-0.39, 0.29) is 5.37 Å². The highest BCUT2D eigenvalue weighted by Gasteiger charge is 2.37. The molecule has 0 aromatic heterocycles. The molecule has 2 aromatic rings. The minimum Gasteiger partial charge on any atom is -0.496 e. The molecule has 0 saturated carbocycles. The van der Waals surface area contributed by atoms with Crippen molar-refractivity contribution in [1.29, 1.82) is 0 Å². The number of aryl methyl sites for hydroxylation is 1. The molecule has 0 unspecified atom stereocenters. The second-order valence-corrected chi connectivity index (χ2v) is 9.48. The van der Waals surface area contributed by atoms with Gasteiger partial charge in [-0.05, 0) is 58.2 Å². The van der Waals surface area contributed by atoms with Crippen LogP contribution in [0.4, 0.5) is 0 Å². The predicted octanol–water partition coefficient (Wildman–Crippen LogP) is 4.20. The van der Waals surface area contributed by atoms with Crippen molar-refractivity contribution in [1.82, 2.24) is 4.31 Å². The van der Waals surface area contributed by atoms with Crippen molar-refractivity contribution < 1.29 is 13.2 Å². The topological polar surface area (TPSA) is 46.6 Å². The average molecular weight is 428 g/mol. The Kier molecular flexibility index (Phi) is 5.24. The third-order valence-electron chi connectivity index (χ3n) is 3.91. The van der Waals surface area contributed by atoms with Crippen LogP contribution in [0.1, 0.15) is 16.5 Å². The van der Waals surface area contributed by atoms with Gasteiger partial charge in [0.15, 0.2) is 0 Å². The lowest BCUT2D eigenvalue weighted by molar-refractivity contribution is 0.410. The van der Waals surface area contributed by atoms with Crippen LogP contribution in [0.5, 0.6) is 5.75 Å². The molecule has 0 spiro atoms. The summed E-state index contributed by atoms with van der Waals surface area (Å²) in [5, 5.41) is -0.224. The van der Waals surface area contributed by atoms with Crippen LogP contribution in [0.2, 0.25) is 0 Å². The SMILES string of the molecule is COc1ccc([C@H]2SCCN2S(=O)(=O)c2cccc(C)c2)cc1Br. The summed E-state index contributed by atoms with van der Waals surface area (Å²) < 4.78 is 33.8. The molecule has 1 saturated heterocycles. The van der Waals surface area contributed by atoms with E-state index in [1.807, 2.05) is 31.2 Å². The standard InChI is InChI=1S/C17H18BrNO3S2/c1-12-4-3-5-14(10-12)24(20,21)19-8-9-23-17(19)13-6-7-16(22-2)15(18)11-13/h3-7,10-11,17H,8-9H2,1-2H3/t17-/m1/s1. The normalized spacial score (nSPS) is 18.7. The van der Waals surface area contributed by atoms with Crippen molar-refractivity contribution >= 4 is 37.7 Å². The Morgan fingerprint density at radius 3 is 2.71 bits per heavy atom. The van der Waals surface area contributed by atoms with Crippen molar-refractivity contribution in [2.24, 2.45) is 0 Å². The summed E-state index contributed by atoms with van der Waals surface area (Å²) in [6.07, 6.45) is 0. The molecule has 0 bridgehead atoms. The summed E-state index contributed by atoms with van der Waals surface area (Å²) in [5.41, 5.74) is 1.88. The Morgan fingerprint density at radius 1 is 1.25 bits per heavy atom.